The van der Waals surface area contributed by atoms with Crippen molar-refractivity contribution in [1.82, 2.24) is 5.32 Å². The Balaban J connectivity index is 2.52. The van der Waals surface area contributed by atoms with Crippen molar-refractivity contribution in [1.29, 1.82) is 0 Å². The Morgan fingerprint density at radius 3 is 2.48 bits per heavy atom. The highest BCUT2D eigenvalue weighted by atomic mass is 16.5. The summed E-state index contributed by atoms with van der Waals surface area (Å²) in [6, 6.07) is 6.65. The number of hydrogen-bond donors (Lipinski definition) is 3. The van der Waals surface area contributed by atoms with Crippen LogP contribution in [0, 0.1) is 0 Å². The quantitative estimate of drug-likeness (QED) is 0.674. The van der Waals surface area contributed by atoms with Gasteiger partial charge < -0.3 is 15.4 Å². The molecule has 3 N–H and O–H groups in total. The van der Waals surface area contributed by atoms with Crippen LogP contribution in [0.15, 0.2) is 36.9 Å². The topological polar surface area (TPSA) is 79.5 Å². The zero-order valence-corrected chi connectivity index (χ0v) is 12.3. The van der Waals surface area contributed by atoms with E-state index in [4.69, 9.17) is 4.74 Å². The molecule has 0 saturated heterocycles. The van der Waals surface area contributed by atoms with E-state index in [-0.39, 0.29) is 11.9 Å². The van der Waals surface area contributed by atoms with Crippen LogP contribution >= 0.6 is 0 Å². The van der Waals surface area contributed by atoms with Crippen LogP contribution in [0.2, 0.25) is 0 Å². The Morgan fingerprint density at radius 1 is 1.29 bits per heavy atom. The lowest BCUT2D eigenvalue weighted by molar-refractivity contribution is -0.121. The van der Waals surface area contributed by atoms with Gasteiger partial charge >= 0.3 is 6.09 Å². The van der Waals surface area contributed by atoms with E-state index in [1.165, 1.54) is 0 Å². The van der Waals surface area contributed by atoms with E-state index in [9.17, 15) is 9.59 Å². The van der Waals surface area contributed by atoms with Crippen molar-refractivity contribution in [2.24, 2.45) is 0 Å². The number of carbonyl (C=O) groups excluding carboxylic acids is 2. The van der Waals surface area contributed by atoms with E-state index in [1.807, 2.05) is 0 Å². The molecule has 1 aromatic carbocycles. The summed E-state index contributed by atoms with van der Waals surface area (Å²) in [6.45, 7) is 7.81. The SMILES string of the molecule is C=CCNC(=O)[C@@H](C)Nc1ccc(NC(=O)OCC)cc1. The second-order valence-corrected chi connectivity index (χ2v) is 4.32. The first-order valence-electron chi connectivity index (χ1n) is 6.75. The van der Waals surface area contributed by atoms with Gasteiger partial charge in [0.1, 0.15) is 6.04 Å². The normalized spacial score (nSPS) is 11.1. The van der Waals surface area contributed by atoms with Crippen LogP contribution in [-0.4, -0.2) is 31.2 Å². The zero-order chi connectivity index (χ0) is 15.7. The molecule has 1 aromatic rings. The summed E-state index contributed by atoms with van der Waals surface area (Å²) in [7, 11) is 0. The van der Waals surface area contributed by atoms with E-state index in [0.29, 0.717) is 18.8 Å². The molecule has 0 aliphatic heterocycles. The monoisotopic (exact) mass is 291 g/mol. The largest absolute Gasteiger partial charge is 0.450 e. The number of ether oxygens (including phenoxy) is 1. The fourth-order valence-corrected chi connectivity index (χ4v) is 1.58. The number of benzene rings is 1. The maximum Gasteiger partial charge on any atom is 0.411 e. The first-order valence-corrected chi connectivity index (χ1v) is 6.75. The Bertz CT molecular complexity index is 485. The third-order valence-corrected chi connectivity index (χ3v) is 2.60. The van der Waals surface area contributed by atoms with Gasteiger partial charge in [0.25, 0.3) is 0 Å². The minimum Gasteiger partial charge on any atom is -0.450 e. The molecule has 1 atom stereocenters. The average Bonchev–Trinajstić information content (AvgIpc) is 2.47. The van der Waals surface area contributed by atoms with Crippen molar-refractivity contribution < 1.29 is 14.3 Å². The summed E-state index contributed by atoms with van der Waals surface area (Å²) in [5.74, 6) is -0.108. The lowest BCUT2D eigenvalue weighted by Gasteiger charge is -2.15. The maximum absolute atomic E-state index is 11.7. The fourth-order valence-electron chi connectivity index (χ4n) is 1.58. The summed E-state index contributed by atoms with van der Waals surface area (Å²) in [5, 5.41) is 8.37. The molecule has 0 saturated carbocycles. The van der Waals surface area contributed by atoms with Crippen molar-refractivity contribution >= 4 is 23.4 Å². The number of amides is 2. The van der Waals surface area contributed by atoms with Crippen molar-refractivity contribution in [3.05, 3.63) is 36.9 Å². The molecule has 6 heteroatoms. The van der Waals surface area contributed by atoms with Crippen LogP contribution in [0.25, 0.3) is 0 Å². The third kappa shape index (κ3) is 5.99. The second kappa shape index (κ2) is 8.63. The summed E-state index contributed by atoms with van der Waals surface area (Å²) < 4.78 is 4.78. The zero-order valence-electron chi connectivity index (χ0n) is 12.3. The van der Waals surface area contributed by atoms with E-state index in [0.717, 1.165) is 5.69 Å². The number of rotatable bonds is 7. The molecule has 0 bridgehead atoms. The van der Waals surface area contributed by atoms with Crippen LogP contribution in [0.1, 0.15) is 13.8 Å². The molecular formula is C15H21N3O3. The van der Waals surface area contributed by atoms with Gasteiger partial charge in [0.2, 0.25) is 5.91 Å². The van der Waals surface area contributed by atoms with Crippen molar-refractivity contribution in [3.8, 4) is 0 Å². The molecule has 114 valence electrons. The van der Waals surface area contributed by atoms with E-state index in [1.54, 1.807) is 44.2 Å². The first kappa shape index (κ1) is 16.6. The van der Waals surface area contributed by atoms with Gasteiger partial charge in [0.15, 0.2) is 0 Å². The summed E-state index contributed by atoms with van der Waals surface area (Å²) in [4.78, 5) is 23.0. The predicted molar refractivity (Wildman–Crippen MR) is 83.4 cm³/mol. The Morgan fingerprint density at radius 2 is 1.90 bits per heavy atom. The summed E-state index contributed by atoms with van der Waals surface area (Å²) >= 11 is 0. The number of hydrogen-bond acceptors (Lipinski definition) is 4. The van der Waals surface area contributed by atoms with Crippen LogP contribution in [0.4, 0.5) is 16.2 Å². The van der Waals surface area contributed by atoms with Crippen LogP contribution < -0.4 is 16.0 Å². The highest BCUT2D eigenvalue weighted by Crippen LogP contribution is 2.14. The van der Waals surface area contributed by atoms with Gasteiger partial charge in [0.05, 0.1) is 6.61 Å². The number of anilines is 2. The molecule has 6 nitrogen and oxygen atoms in total. The maximum atomic E-state index is 11.7. The lowest BCUT2D eigenvalue weighted by atomic mass is 10.2. The van der Waals surface area contributed by atoms with Gasteiger partial charge in [-0.2, -0.15) is 0 Å². The Labute approximate surface area is 124 Å². The molecule has 2 amide bonds. The van der Waals surface area contributed by atoms with Crippen molar-refractivity contribution in [2.75, 3.05) is 23.8 Å². The van der Waals surface area contributed by atoms with Gasteiger partial charge in [-0.1, -0.05) is 6.08 Å². The van der Waals surface area contributed by atoms with Gasteiger partial charge in [-0.15, -0.1) is 6.58 Å². The number of nitrogens with one attached hydrogen (secondary N) is 3. The molecule has 0 aromatic heterocycles. The minimum atomic E-state index is -0.490. The molecule has 0 aliphatic carbocycles. The molecule has 0 aliphatic rings. The second-order valence-electron chi connectivity index (χ2n) is 4.32. The lowest BCUT2D eigenvalue weighted by Crippen LogP contribution is -2.37. The Hall–Kier alpha value is -2.50. The van der Waals surface area contributed by atoms with Crippen molar-refractivity contribution in [2.45, 2.75) is 19.9 Å². The van der Waals surface area contributed by atoms with Gasteiger partial charge in [-0.3, -0.25) is 10.1 Å². The van der Waals surface area contributed by atoms with Gasteiger partial charge in [0, 0.05) is 17.9 Å². The summed E-state index contributed by atoms with van der Waals surface area (Å²) in [6.07, 6.45) is 1.14. The molecule has 0 spiro atoms. The molecule has 0 heterocycles. The molecule has 0 fully saturated rings. The van der Waals surface area contributed by atoms with Crippen molar-refractivity contribution in [3.63, 3.8) is 0 Å². The van der Waals surface area contributed by atoms with E-state index < -0.39 is 6.09 Å². The highest BCUT2D eigenvalue weighted by molar-refractivity contribution is 5.86. The van der Waals surface area contributed by atoms with Crippen LogP contribution in [0.5, 0.6) is 0 Å². The Kier molecular flexibility index (Phi) is 6.80. The molecule has 0 unspecified atom stereocenters. The number of carbonyl (C=O) groups is 2. The van der Waals surface area contributed by atoms with E-state index in [2.05, 4.69) is 22.5 Å². The smallest absolute Gasteiger partial charge is 0.411 e. The third-order valence-electron chi connectivity index (χ3n) is 2.60. The predicted octanol–water partition coefficient (Wildman–Crippen LogP) is 2.36. The van der Waals surface area contributed by atoms with E-state index >= 15 is 0 Å². The average molecular weight is 291 g/mol. The standard InChI is InChI=1S/C15H21N3O3/c1-4-10-16-14(19)11(3)17-12-6-8-13(9-7-12)18-15(20)21-5-2/h4,6-9,11,17H,1,5,10H2,2-3H3,(H,16,19)(H,18,20)/t11-/m1/s1. The molecular weight excluding hydrogens is 270 g/mol. The highest BCUT2D eigenvalue weighted by Gasteiger charge is 2.11. The van der Waals surface area contributed by atoms with Crippen LogP contribution in [0.3, 0.4) is 0 Å². The molecule has 21 heavy (non-hydrogen) atoms. The minimum absolute atomic E-state index is 0.108. The summed E-state index contributed by atoms with van der Waals surface area (Å²) in [5.41, 5.74) is 1.41. The van der Waals surface area contributed by atoms with Gasteiger partial charge in [-0.25, -0.2) is 4.79 Å². The fraction of sp³-hybridized carbons (Fsp3) is 0.333. The van der Waals surface area contributed by atoms with Gasteiger partial charge in [-0.05, 0) is 38.1 Å². The van der Waals surface area contributed by atoms with Crippen LogP contribution in [-0.2, 0) is 9.53 Å². The first-order chi connectivity index (χ1) is 10.1. The molecule has 1 rings (SSSR count). The molecule has 0 radical (unpaired) electrons.